The van der Waals surface area contributed by atoms with Crippen molar-refractivity contribution in [2.75, 3.05) is 7.11 Å². The molecule has 0 bridgehead atoms. The fraction of sp³-hybridized carbons (Fsp3) is 0.346. The smallest absolute Gasteiger partial charge is 0.194 e. The molecule has 2 nitrogen and oxygen atoms in total. The summed E-state index contributed by atoms with van der Waals surface area (Å²) < 4.78 is 5.60. The van der Waals surface area contributed by atoms with Gasteiger partial charge in [-0.3, -0.25) is 4.79 Å². The minimum Gasteiger partial charge on any atom is -0.496 e. The molecule has 150 valence electrons. The van der Waals surface area contributed by atoms with Crippen LogP contribution in [0.1, 0.15) is 74.7 Å². The summed E-state index contributed by atoms with van der Waals surface area (Å²) in [5.41, 5.74) is 6.65. The van der Waals surface area contributed by atoms with Crippen LogP contribution in [0, 0.1) is 13.8 Å². The Hall–Kier alpha value is -2.39. The van der Waals surface area contributed by atoms with E-state index in [0.717, 1.165) is 28.2 Å². The number of thiophene rings is 1. The normalized spacial score (nSPS) is 14.3. The quantitative estimate of drug-likeness (QED) is 0.420. The lowest BCUT2D eigenvalue weighted by atomic mass is 9.92. The maximum Gasteiger partial charge on any atom is 0.194 e. The van der Waals surface area contributed by atoms with Crippen molar-refractivity contribution in [1.82, 2.24) is 0 Å². The predicted molar refractivity (Wildman–Crippen MR) is 121 cm³/mol. The maximum absolute atomic E-state index is 13.4. The summed E-state index contributed by atoms with van der Waals surface area (Å²) in [7, 11) is 1.72. The Kier molecular flexibility index (Phi) is 5.86. The van der Waals surface area contributed by atoms with Crippen LogP contribution in [0.3, 0.4) is 0 Å². The zero-order chi connectivity index (χ0) is 20.4. The molecular formula is C26H28O2S. The third kappa shape index (κ3) is 4.16. The Labute approximate surface area is 177 Å². The van der Waals surface area contributed by atoms with Gasteiger partial charge in [0.2, 0.25) is 0 Å². The number of methoxy groups -OCH3 is 1. The van der Waals surface area contributed by atoms with E-state index >= 15 is 0 Å². The molecule has 0 atom stereocenters. The third-order valence-electron chi connectivity index (χ3n) is 6.21. The summed E-state index contributed by atoms with van der Waals surface area (Å²) >= 11 is 1.67. The predicted octanol–water partition coefficient (Wildman–Crippen LogP) is 6.85. The first-order valence-electron chi connectivity index (χ1n) is 10.4. The van der Waals surface area contributed by atoms with Crippen LogP contribution in [0.15, 0.2) is 47.8 Å². The molecular weight excluding hydrogens is 376 g/mol. The standard InChI is InChI=1S/C26H28O2S/c1-17-8-9-19(14-18(17)2)15-25-22(12-13-29-25)26(27)21-10-11-24(28-3)23(16-21)20-6-4-5-7-20/h8-14,16,20H,4-7,15H2,1-3H3. The van der Waals surface area contributed by atoms with E-state index in [0.29, 0.717) is 5.92 Å². The fourth-order valence-corrected chi connectivity index (χ4v) is 5.27. The SMILES string of the molecule is COc1ccc(C(=O)c2ccsc2Cc2ccc(C)c(C)c2)cc1C1CCCC1. The molecule has 4 rings (SSSR count). The van der Waals surface area contributed by atoms with E-state index in [1.807, 2.05) is 23.6 Å². The molecule has 0 aliphatic heterocycles. The first-order valence-corrected chi connectivity index (χ1v) is 11.3. The lowest BCUT2D eigenvalue weighted by Crippen LogP contribution is -2.06. The van der Waals surface area contributed by atoms with E-state index in [-0.39, 0.29) is 5.78 Å². The van der Waals surface area contributed by atoms with Gasteiger partial charge in [0, 0.05) is 22.4 Å². The van der Waals surface area contributed by atoms with Crippen molar-refractivity contribution in [3.05, 3.63) is 86.1 Å². The van der Waals surface area contributed by atoms with E-state index in [2.05, 4.69) is 38.1 Å². The van der Waals surface area contributed by atoms with Gasteiger partial charge in [-0.1, -0.05) is 31.0 Å². The molecule has 0 amide bonds. The molecule has 3 aromatic rings. The van der Waals surface area contributed by atoms with E-state index in [1.54, 1.807) is 18.4 Å². The van der Waals surface area contributed by atoms with Gasteiger partial charge in [0.05, 0.1) is 7.11 Å². The second kappa shape index (κ2) is 8.54. The Morgan fingerprint density at radius 3 is 2.55 bits per heavy atom. The van der Waals surface area contributed by atoms with Gasteiger partial charge >= 0.3 is 0 Å². The van der Waals surface area contributed by atoms with Crippen LogP contribution in [0.25, 0.3) is 0 Å². The van der Waals surface area contributed by atoms with Gasteiger partial charge in [-0.05, 0) is 84.5 Å². The summed E-state index contributed by atoms with van der Waals surface area (Å²) in [5, 5.41) is 2.03. The molecule has 29 heavy (non-hydrogen) atoms. The molecule has 3 heteroatoms. The lowest BCUT2D eigenvalue weighted by molar-refractivity contribution is 0.103. The third-order valence-corrected chi connectivity index (χ3v) is 7.13. The number of carbonyl (C=O) groups excluding carboxylic acids is 1. The second-order valence-corrected chi connectivity index (χ2v) is 9.12. The van der Waals surface area contributed by atoms with Gasteiger partial charge in [-0.15, -0.1) is 11.3 Å². The topological polar surface area (TPSA) is 26.3 Å². The van der Waals surface area contributed by atoms with Crippen LogP contribution in [0.5, 0.6) is 5.75 Å². The highest BCUT2D eigenvalue weighted by Crippen LogP contribution is 2.39. The van der Waals surface area contributed by atoms with E-state index < -0.39 is 0 Å². The summed E-state index contributed by atoms with van der Waals surface area (Å²) in [5.74, 6) is 1.54. The number of benzene rings is 2. The molecule has 1 saturated carbocycles. The second-order valence-electron chi connectivity index (χ2n) is 8.12. The van der Waals surface area contributed by atoms with Crippen molar-refractivity contribution in [2.24, 2.45) is 0 Å². The molecule has 1 fully saturated rings. The van der Waals surface area contributed by atoms with Gasteiger partial charge in [0.1, 0.15) is 5.75 Å². The number of aryl methyl sites for hydroxylation is 2. The molecule has 0 spiro atoms. The van der Waals surface area contributed by atoms with Crippen molar-refractivity contribution in [2.45, 2.75) is 51.9 Å². The summed E-state index contributed by atoms with van der Waals surface area (Å²) in [4.78, 5) is 14.5. The van der Waals surface area contributed by atoms with Crippen LogP contribution in [-0.4, -0.2) is 12.9 Å². The number of rotatable bonds is 6. The van der Waals surface area contributed by atoms with Crippen molar-refractivity contribution in [3.8, 4) is 5.75 Å². The average Bonchev–Trinajstić information content (AvgIpc) is 3.42. The molecule has 1 heterocycles. The lowest BCUT2D eigenvalue weighted by Gasteiger charge is -2.16. The summed E-state index contributed by atoms with van der Waals surface area (Å²) in [6.45, 7) is 4.27. The van der Waals surface area contributed by atoms with Gasteiger partial charge in [-0.25, -0.2) is 0 Å². The molecule has 0 N–H and O–H groups in total. The Morgan fingerprint density at radius 2 is 1.83 bits per heavy atom. The van der Waals surface area contributed by atoms with Crippen molar-refractivity contribution < 1.29 is 9.53 Å². The van der Waals surface area contributed by atoms with Crippen LogP contribution in [0.4, 0.5) is 0 Å². The Balaban J connectivity index is 1.63. The molecule has 1 aliphatic carbocycles. The Bertz CT molecular complexity index is 1020. The van der Waals surface area contributed by atoms with E-state index in [1.165, 1.54) is 47.9 Å². The first kappa shape index (κ1) is 19.9. The van der Waals surface area contributed by atoms with E-state index in [9.17, 15) is 4.79 Å². The van der Waals surface area contributed by atoms with Gasteiger partial charge in [-0.2, -0.15) is 0 Å². The zero-order valence-corrected chi connectivity index (χ0v) is 18.3. The molecule has 0 unspecified atom stereocenters. The van der Waals surface area contributed by atoms with Crippen molar-refractivity contribution in [3.63, 3.8) is 0 Å². The summed E-state index contributed by atoms with van der Waals surface area (Å²) in [6.07, 6.45) is 5.69. The highest BCUT2D eigenvalue weighted by molar-refractivity contribution is 7.10. The molecule has 2 aromatic carbocycles. The maximum atomic E-state index is 13.4. The minimum atomic E-state index is 0.118. The number of ketones is 1. The number of ether oxygens (including phenoxy) is 1. The summed E-state index contributed by atoms with van der Waals surface area (Å²) in [6, 6.07) is 14.5. The molecule has 1 aromatic heterocycles. The zero-order valence-electron chi connectivity index (χ0n) is 17.5. The molecule has 1 aliphatic rings. The number of carbonyl (C=O) groups is 1. The van der Waals surface area contributed by atoms with Crippen LogP contribution < -0.4 is 4.74 Å². The largest absolute Gasteiger partial charge is 0.496 e. The van der Waals surface area contributed by atoms with E-state index in [4.69, 9.17) is 4.74 Å². The minimum absolute atomic E-state index is 0.118. The van der Waals surface area contributed by atoms with Crippen LogP contribution in [0.2, 0.25) is 0 Å². The van der Waals surface area contributed by atoms with Gasteiger partial charge < -0.3 is 4.74 Å². The number of hydrogen-bond acceptors (Lipinski definition) is 3. The van der Waals surface area contributed by atoms with Gasteiger partial charge in [0.25, 0.3) is 0 Å². The monoisotopic (exact) mass is 404 g/mol. The molecule has 0 saturated heterocycles. The van der Waals surface area contributed by atoms with Crippen LogP contribution >= 0.6 is 11.3 Å². The van der Waals surface area contributed by atoms with Crippen LogP contribution in [-0.2, 0) is 6.42 Å². The van der Waals surface area contributed by atoms with Gasteiger partial charge in [0.15, 0.2) is 5.78 Å². The highest BCUT2D eigenvalue weighted by Gasteiger charge is 2.23. The Morgan fingerprint density at radius 1 is 1.03 bits per heavy atom. The number of hydrogen-bond donors (Lipinski definition) is 0. The van der Waals surface area contributed by atoms with Crippen molar-refractivity contribution in [1.29, 1.82) is 0 Å². The average molecular weight is 405 g/mol. The fourth-order valence-electron chi connectivity index (χ4n) is 4.37. The molecule has 0 radical (unpaired) electrons. The first-order chi connectivity index (χ1) is 14.1. The van der Waals surface area contributed by atoms with Crippen molar-refractivity contribution >= 4 is 17.1 Å². The highest BCUT2D eigenvalue weighted by atomic mass is 32.1.